The molecule has 4 rings (SSSR count). The second-order valence-electron chi connectivity index (χ2n) is 9.04. The lowest BCUT2D eigenvalue weighted by Gasteiger charge is -2.33. The molecule has 9 heteroatoms. The minimum atomic E-state index is -0.0295. The van der Waals surface area contributed by atoms with E-state index in [1.165, 1.54) is 0 Å². The van der Waals surface area contributed by atoms with Gasteiger partial charge in [0.2, 0.25) is 11.9 Å². The maximum atomic E-state index is 12.3. The van der Waals surface area contributed by atoms with Gasteiger partial charge < -0.3 is 24.4 Å². The number of ether oxygens (including phenoxy) is 2. The standard InChI is InChI=1S/C24H33N5O4/c1-16-15-32-13-12-29(16)23-25-21(18-6-4-17(14-30)5-7-18)26-24(27-23)33-20-10-8-19(9-11-20)22(31)28(2)3/h4-7,16,19-20,30H,8-15H2,1-3H3. The van der Waals surface area contributed by atoms with Crippen molar-refractivity contribution in [3.8, 4) is 17.4 Å². The van der Waals surface area contributed by atoms with Gasteiger partial charge in [0, 0.05) is 32.1 Å². The van der Waals surface area contributed by atoms with Crippen molar-refractivity contribution < 1.29 is 19.4 Å². The van der Waals surface area contributed by atoms with Crippen LogP contribution in [0.2, 0.25) is 0 Å². The normalized spacial score (nSPS) is 23.3. The fraction of sp³-hybridized carbons (Fsp3) is 0.583. The summed E-state index contributed by atoms with van der Waals surface area (Å²) in [5.41, 5.74) is 1.66. The Labute approximate surface area is 194 Å². The first-order valence-corrected chi connectivity index (χ1v) is 11.6. The summed E-state index contributed by atoms with van der Waals surface area (Å²) in [6.07, 6.45) is 3.16. The number of rotatable bonds is 6. The molecule has 0 bridgehead atoms. The SMILES string of the molecule is CC1COCCN1c1nc(OC2CCC(C(=O)N(C)C)CC2)nc(-c2ccc(CO)cc2)n1. The molecular weight excluding hydrogens is 422 g/mol. The number of anilines is 1. The predicted octanol–water partition coefficient (Wildman–Crippen LogP) is 2.28. The van der Waals surface area contributed by atoms with E-state index < -0.39 is 0 Å². The molecule has 2 heterocycles. The van der Waals surface area contributed by atoms with Crippen LogP contribution in [-0.2, 0) is 16.1 Å². The molecule has 1 N–H and O–H groups in total. The molecule has 9 nitrogen and oxygen atoms in total. The first-order valence-electron chi connectivity index (χ1n) is 11.6. The highest BCUT2D eigenvalue weighted by Crippen LogP contribution is 2.29. The van der Waals surface area contributed by atoms with E-state index in [0.29, 0.717) is 37.5 Å². The van der Waals surface area contributed by atoms with Crippen LogP contribution in [0.3, 0.4) is 0 Å². The van der Waals surface area contributed by atoms with E-state index >= 15 is 0 Å². The fourth-order valence-corrected chi connectivity index (χ4v) is 4.38. The van der Waals surface area contributed by atoms with Crippen molar-refractivity contribution >= 4 is 11.9 Å². The van der Waals surface area contributed by atoms with Crippen molar-refractivity contribution in [3.05, 3.63) is 29.8 Å². The third-order valence-corrected chi connectivity index (χ3v) is 6.36. The van der Waals surface area contributed by atoms with Gasteiger partial charge in [0.05, 0.1) is 25.9 Å². The van der Waals surface area contributed by atoms with Crippen LogP contribution in [0.4, 0.5) is 5.95 Å². The Bertz CT molecular complexity index is 944. The van der Waals surface area contributed by atoms with Crippen LogP contribution < -0.4 is 9.64 Å². The summed E-state index contributed by atoms with van der Waals surface area (Å²) in [6.45, 7) is 4.01. The number of carbonyl (C=O) groups is 1. The number of nitrogens with zero attached hydrogens (tertiary/aromatic N) is 5. The van der Waals surface area contributed by atoms with Crippen molar-refractivity contribution in [1.82, 2.24) is 19.9 Å². The van der Waals surface area contributed by atoms with Crippen LogP contribution >= 0.6 is 0 Å². The van der Waals surface area contributed by atoms with Crippen LogP contribution in [0, 0.1) is 5.92 Å². The Kier molecular flexibility index (Phi) is 7.39. The van der Waals surface area contributed by atoms with Gasteiger partial charge in [-0.25, -0.2) is 0 Å². The largest absolute Gasteiger partial charge is 0.460 e. The smallest absolute Gasteiger partial charge is 0.322 e. The molecule has 1 unspecified atom stereocenters. The molecule has 1 amide bonds. The monoisotopic (exact) mass is 455 g/mol. The molecule has 1 saturated heterocycles. The number of hydrogen-bond donors (Lipinski definition) is 1. The number of aliphatic hydroxyl groups excluding tert-OH is 1. The van der Waals surface area contributed by atoms with E-state index in [1.807, 2.05) is 24.3 Å². The van der Waals surface area contributed by atoms with Crippen LogP contribution in [0.25, 0.3) is 11.4 Å². The van der Waals surface area contributed by atoms with Crippen LogP contribution in [0.5, 0.6) is 6.01 Å². The summed E-state index contributed by atoms with van der Waals surface area (Å²) in [6, 6.07) is 7.97. The lowest BCUT2D eigenvalue weighted by molar-refractivity contribution is -0.134. The zero-order valence-electron chi connectivity index (χ0n) is 19.6. The molecule has 1 aliphatic heterocycles. The third-order valence-electron chi connectivity index (χ3n) is 6.36. The molecule has 2 aromatic rings. The van der Waals surface area contributed by atoms with Crippen molar-refractivity contribution in [2.75, 3.05) is 38.8 Å². The summed E-state index contributed by atoms with van der Waals surface area (Å²) in [4.78, 5) is 30.1. The van der Waals surface area contributed by atoms with Gasteiger partial charge in [-0.2, -0.15) is 15.0 Å². The van der Waals surface area contributed by atoms with Crippen molar-refractivity contribution in [3.63, 3.8) is 0 Å². The quantitative estimate of drug-likeness (QED) is 0.708. The molecule has 1 atom stereocenters. The topological polar surface area (TPSA) is 101 Å². The summed E-state index contributed by atoms with van der Waals surface area (Å²) < 4.78 is 11.8. The summed E-state index contributed by atoms with van der Waals surface area (Å²) in [5, 5.41) is 9.35. The van der Waals surface area contributed by atoms with Gasteiger partial charge >= 0.3 is 6.01 Å². The van der Waals surface area contributed by atoms with Crippen molar-refractivity contribution in [2.45, 2.75) is 51.4 Å². The first-order chi connectivity index (χ1) is 15.9. The molecule has 2 fully saturated rings. The Morgan fingerprint density at radius 3 is 2.52 bits per heavy atom. The number of morpholine rings is 1. The van der Waals surface area contributed by atoms with Crippen molar-refractivity contribution in [2.24, 2.45) is 5.92 Å². The zero-order chi connectivity index (χ0) is 23.4. The van der Waals surface area contributed by atoms with E-state index in [-0.39, 0.29) is 30.6 Å². The van der Waals surface area contributed by atoms with Gasteiger partial charge in [0.15, 0.2) is 5.82 Å². The average molecular weight is 456 g/mol. The molecule has 2 aliphatic rings. The van der Waals surface area contributed by atoms with Crippen molar-refractivity contribution in [1.29, 1.82) is 0 Å². The van der Waals surface area contributed by atoms with E-state index in [1.54, 1.807) is 19.0 Å². The second-order valence-corrected chi connectivity index (χ2v) is 9.04. The molecular formula is C24H33N5O4. The van der Waals surface area contributed by atoms with Crippen LogP contribution in [0.1, 0.15) is 38.2 Å². The lowest BCUT2D eigenvalue weighted by Crippen LogP contribution is -2.44. The summed E-state index contributed by atoms with van der Waals surface area (Å²) in [5.74, 6) is 1.36. The summed E-state index contributed by atoms with van der Waals surface area (Å²) >= 11 is 0. The Balaban J connectivity index is 1.56. The number of carbonyl (C=O) groups excluding carboxylic acids is 1. The van der Waals surface area contributed by atoms with Crippen LogP contribution in [0.15, 0.2) is 24.3 Å². The molecule has 0 radical (unpaired) electrons. The average Bonchev–Trinajstić information content (AvgIpc) is 2.84. The number of aromatic nitrogens is 3. The minimum absolute atomic E-state index is 0.0125. The zero-order valence-corrected chi connectivity index (χ0v) is 19.6. The Morgan fingerprint density at radius 1 is 1.15 bits per heavy atom. The second kappa shape index (κ2) is 10.4. The molecule has 1 saturated carbocycles. The highest BCUT2D eigenvalue weighted by atomic mass is 16.5. The Morgan fingerprint density at radius 2 is 1.88 bits per heavy atom. The van der Waals surface area contributed by atoms with E-state index in [2.05, 4.69) is 21.8 Å². The fourth-order valence-electron chi connectivity index (χ4n) is 4.38. The highest BCUT2D eigenvalue weighted by molar-refractivity contribution is 5.78. The molecule has 1 aromatic carbocycles. The minimum Gasteiger partial charge on any atom is -0.460 e. The molecule has 1 aliphatic carbocycles. The molecule has 0 spiro atoms. The van der Waals surface area contributed by atoms with Gasteiger partial charge in [0.1, 0.15) is 6.10 Å². The van der Waals surface area contributed by atoms with E-state index in [9.17, 15) is 9.90 Å². The molecule has 178 valence electrons. The number of benzene rings is 1. The maximum Gasteiger partial charge on any atom is 0.322 e. The predicted molar refractivity (Wildman–Crippen MR) is 124 cm³/mol. The van der Waals surface area contributed by atoms with Crippen LogP contribution in [-0.4, -0.2) is 76.9 Å². The number of aliphatic hydroxyl groups is 1. The van der Waals surface area contributed by atoms with Gasteiger partial charge in [-0.15, -0.1) is 0 Å². The number of amides is 1. The van der Waals surface area contributed by atoms with E-state index in [4.69, 9.17) is 14.5 Å². The maximum absolute atomic E-state index is 12.3. The summed E-state index contributed by atoms with van der Waals surface area (Å²) in [7, 11) is 3.61. The van der Waals surface area contributed by atoms with Gasteiger partial charge in [-0.05, 0) is 38.2 Å². The van der Waals surface area contributed by atoms with Gasteiger partial charge in [-0.1, -0.05) is 24.3 Å². The third kappa shape index (κ3) is 5.59. The Hall–Kier alpha value is -2.78. The molecule has 1 aromatic heterocycles. The first kappa shape index (κ1) is 23.4. The lowest BCUT2D eigenvalue weighted by atomic mass is 9.86. The molecule has 33 heavy (non-hydrogen) atoms. The number of hydrogen-bond acceptors (Lipinski definition) is 8. The van der Waals surface area contributed by atoms with Gasteiger partial charge in [-0.3, -0.25) is 4.79 Å². The highest BCUT2D eigenvalue weighted by Gasteiger charge is 2.29. The van der Waals surface area contributed by atoms with Gasteiger partial charge in [0.25, 0.3) is 0 Å². The van der Waals surface area contributed by atoms with E-state index in [0.717, 1.165) is 36.8 Å².